The van der Waals surface area contributed by atoms with Crippen molar-refractivity contribution in [1.29, 1.82) is 0 Å². The number of fused-ring (bicyclic) bond motifs is 2. The van der Waals surface area contributed by atoms with Crippen LogP contribution < -0.4 is 28.4 Å². The maximum atomic E-state index is 12.9. The molecule has 0 aliphatic carbocycles. The number of ketones is 1. The standard InChI is InChI=1S/C27H26O10/c1-32-15-10-16(29)23-21(11-15)37-27(25(31)24(23)30)14-5-7-18-20(9-14)36-26(22(12-28)35-18)13-4-6-17(33-2)19(8-13)34-3/h4-11,22,25-29,31H,12H2,1-3H3/t22-,25+,26-,27?/m1/s1. The van der Waals surface area contributed by atoms with Gasteiger partial charge in [-0.15, -0.1) is 0 Å². The number of rotatable bonds is 6. The Bertz CT molecular complexity index is 1340. The van der Waals surface area contributed by atoms with Gasteiger partial charge in [-0.25, -0.2) is 0 Å². The molecule has 3 aromatic rings. The van der Waals surface area contributed by atoms with Crippen molar-refractivity contribution in [3.05, 3.63) is 65.2 Å². The number of hydrogen-bond acceptors (Lipinski definition) is 10. The van der Waals surface area contributed by atoms with Crippen LogP contribution in [0.25, 0.3) is 0 Å². The minimum atomic E-state index is -1.57. The van der Waals surface area contributed by atoms with Gasteiger partial charge in [0.1, 0.15) is 22.8 Å². The molecule has 3 N–H and O–H groups in total. The highest BCUT2D eigenvalue weighted by Crippen LogP contribution is 2.46. The van der Waals surface area contributed by atoms with Crippen LogP contribution in [0.4, 0.5) is 0 Å². The lowest BCUT2D eigenvalue weighted by atomic mass is 9.92. The van der Waals surface area contributed by atoms with Gasteiger partial charge in [-0.2, -0.15) is 0 Å². The second-order valence-electron chi connectivity index (χ2n) is 8.57. The number of benzene rings is 3. The molecular weight excluding hydrogens is 484 g/mol. The third-order valence-corrected chi connectivity index (χ3v) is 6.43. The van der Waals surface area contributed by atoms with Gasteiger partial charge in [0.25, 0.3) is 0 Å². The first kappa shape index (κ1) is 24.5. The number of methoxy groups -OCH3 is 3. The third-order valence-electron chi connectivity index (χ3n) is 6.43. The van der Waals surface area contributed by atoms with Crippen molar-refractivity contribution in [2.75, 3.05) is 27.9 Å². The van der Waals surface area contributed by atoms with Crippen molar-refractivity contribution in [1.82, 2.24) is 0 Å². The Hall–Kier alpha value is -4.15. The minimum Gasteiger partial charge on any atom is -0.507 e. The SMILES string of the molecule is COc1cc(O)c2c(c1)OC(c1ccc3c(c1)O[C@H](c1ccc(OC)c(OC)c1)[C@@H](CO)O3)[C@@H](O)C2=O. The highest BCUT2D eigenvalue weighted by molar-refractivity contribution is 6.05. The summed E-state index contributed by atoms with van der Waals surface area (Å²) in [6, 6.07) is 12.9. The number of hydrogen-bond donors (Lipinski definition) is 3. The van der Waals surface area contributed by atoms with Crippen molar-refractivity contribution in [3.63, 3.8) is 0 Å². The Morgan fingerprint density at radius 1 is 0.784 bits per heavy atom. The number of phenols is 1. The van der Waals surface area contributed by atoms with Gasteiger partial charge >= 0.3 is 0 Å². The lowest BCUT2D eigenvalue weighted by Crippen LogP contribution is -2.37. The summed E-state index contributed by atoms with van der Waals surface area (Å²) in [5, 5.41) is 31.0. The van der Waals surface area contributed by atoms with E-state index in [1.807, 2.05) is 0 Å². The molecule has 5 rings (SSSR count). The Morgan fingerprint density at radius 2 is 1.49 bits per heavy atom. The number of aliphatic hydroxyl groups excluding tert-OH is 2. The van der Waals surface area contributed by atoms with E-state index in [9.17, 15) is 20.1 Å². The molecule has 2 aliphatic heterocycles. The van der Waals surface area contributed by atoms with Crippen molar-refractivity contribution < 1.29 is 48.5 Å². The summed E-state index contributed by atoms with van der Waals surface area (Å²) < 4.78 is 34.1. The zero-order chi connectivity index (χ0) is 26.3. The van der Waals surface area contributed by atoms with Crippen LogP contribution in [0.5, 0.6) is 40.2 Å². The zero-order valence-corrected chi connectivity index (χ0v) is 20.3. The Kier molecular flexibility index (Phi) is 6.45. The first-order chi connectivity index (χ1) is 17.9. The molecule has 3 aromatic carbocycles. The summed E-state index contributed by atoms with van der Waals surface area (Å²) in [5.41, 5.74) is 1.03. The average molecular weight is 510 g/mol. The lowest BCUT2D eigenvalue weighted by molar-refractivity contribution is -0.0130. The predicted octanol–water partition coefficient (Wildman–Crippen LogP) is 2.97. The predicted molar refractivity (Wildman–Crippen MR) is 129 cm³/mol. The summed E-state index contributed by atoms with van der Waals surface area (Å²) >= 11 is 0. The Balaban J connectivity index is 1.49. The quantitative estimate of drug-likeness (QED) is 0.455. The lowest BCUT2D eigenvalue weighted by Gasteiger charge is -2.35. The number of aliphatic hydroxyl groups is 2. The van der Waals surface area contributed by atoms with Crippen molar-refractivity contribution in [3.8, 4) is 40.2 Å². The van der Waals surface area contributed by atoms with Gasteiger partial charge in [0, 0.05) is 17.7 Å². The van der Waals surface area contributed by atoms with E-state index in [-0.39, 0.29) is 23.7 Å². The van der Waals surface area contributed by atoms with Gasteiger partial charge < -0.3 is 43.7 Å². The average Bonchev–Trinajstić information content (AvgIpc) is 2.93. The summed E-state index contributed by atoms with van der Waals surface area (Å²) in [6.45, 7) is -0.304. The first-order valence-electron chi connectivity index (χ1n) is 11.5. The monoisotopic (exact) mass is 510 g/mol. The normalized spacial score (nSPS) is 22.0. The molecule has 194 valence electrons. The number of aromatic hydroxyl groups is 1. The largest absolute Gasteiger partial charge is 0.507 e. The fourth-order valence-electron chi connectivity index (χ4n) is 4.55. The molecule has 1 unspecified atom stereocenters. The summed E-state index contributed by atoms with van der Waals surface area (Å²) in [7, 11) is 4.48. The molecule has 0 saturated heterocycles. The van der Waals surface area contributed by atoms with Crippen LogP contribution in [0.15, 0.2) is 48.5 Å². The zero-order valence-electron chi connectivity index (χ0n) is 20.3. The highest BCUT2D eigenvalue weighted by atomic mass is 16.6. The minimum absolute atomic E-state index is 0.0931. The van der Waals surface area contributed by atoms with Crippen molar-refractivity contribution in [2.45, 2.75) is 24.4 Å². The third kappa shape index (κ3) is 4.24. The molecule has 0 saturated carbocycles. The van der Waals surface area contributed by atoms with Gasteiger partial charge in [0.2, 0.25) is 5.78 Å². The molecule has 0 radical (unpaired) electrons. The molecule has 2 heterocycles. The molecule has 0 spiro atoms. The second kappa shape index (κ2) is 9.72. The number of phenolic OH excluding ortho intramolecular Hbond substituents is 1. The fourth-order valence-corrected chi connectivity index (χ4v) is 4.55. The van der Waals surface area contributed by atoms with Crippen LogP contribution in [-0.4, -0.2) is 61.2 Å². The highest BCUT2D eigenvalue weighted by Gasteiger charge is 2.40. The van der Waals surface area contributed by atoms with Gasteiger partial charge in [0.15, 0.2) is 47.4 Å². The molecule has 0 aromatic heterocycles. The maximum Gasteiger partial charge on any atom is 0.202 e. The number of carbonyl (C=O) groups excluding carboxylic acids is 1. The maximum absolute atomic E-state index is 12.9. The van der Waals surface area contributed by atoms with E-state index in [2.05, 4.69) is 0 Å². The molecule has 10 heteroatoms. The summed E-state index contributed by atoms with van der Waals surface area (Å²) in [4.78, 5) is 12.9. The molecule has 0 fully saturated rings. The number of ether oxygens (including phenoxy) is 6. The van der Waals surface area contributed by atoms with Crippen LogP contribution >= 0.6 is 0 Å². The van der Waals surface area contributed by atoms with Gasteiger partial charge in [0.05, 0.1) is 27.9 Å². The van der Waals surface area contributed by atoms with E-state index < -0.39 is 30.2 Å². The Labute approximate surface area is 212 Å². The van der Waals surface area contributed by atoms with Crippen LogP contribution in [0.2, 0.25) is 0 Å². The smallest absolute Gasteiger partial charge is 0.202 e. The van der Waals surface area contributed by atoms with Gasteiger partial charge in [-0.1, -0.05) is 12.1 Å². The second-order valence-corrected chi connectivity index (χ2v) is 8.57. The summed E-state index contributed by atoms with van der Waals surface area (Å²) in [5.74, 6) is 1.14. The molecule has 0 bridgehead atoms. The Morgan fingerprint density at radius 3 is 2.19 bits per heavy atom. The molecule has 37 heavy (non-hydrogen) atoms. The molecular formula is C27H26O10. The summed E-state index contributed by atoms with van der Waals surface area (Å²) in [6.07, 6.45) is -4.03. The van der Waals surface area contributed by atoms with Crippen LogP contribution in [-0.2, 0) is 0 Å². The van der Waals surface area contributed by atoms with Crippen LogP contribution in [0, 0.1) is 0 Å². The van der Waals surface area contributed by atoms with Crippen molar-refractivity contribution >= 4 is 5.78 Å². The first-order valence-corrected chi connectivity index (χ1v) is 11.5. The van der Waals surface area contributed by atoms with Gasteiger partial charge in [-0.3, -0.25) is 4.79 Å². The van der Waals surface area contributed by atoms with Crippen molar-refractivity contribution in [2.24, 2.45) is 0 Å². The van der Waals surface area contributed by atoms with E-state index in [4.69, 9.17) is 28.4 Å². The van der Waals surface area contributed by atoms with E-state index in [0.29, 0.717) is 39.9 Å². The fraction of sp³-hybridized carbons (Fsp3) is 0.296. The van der Waals surface area contributed by atoms with Gasteiger partial charge in [-0.05, 0) is 29.8 Å². The molecule has 2 aliphatic rings. The van der Waals surface area contributed by atoms with E-state index in [1.165, 1.54) is 33.5 Å². The topological polar surface area (TPSA) is 133 Å². The van der Waals surface area contributed by atoms with E-state index in [0.717, 1.165) is 0 Å². The van der Waals surface area contributed by atoms with Crippen LogP contribution in [0.3, 0.4) is 0 Å². The number of carbonyl (C=O) groups is 1. The molecule has 0 amide bonds. The van der Waals surface area contributed by atoms with E-state index in [1.54, 1.807) is 36.4 Å². The molecule has 10 nitrogen and oxygen atoms in total. The van der Waals surface area contributed by atoms with E-state index >= 15 is 0 Å². The van der Waals surface area contributed by atoms with Crippen LogP contribution in [0.1, 0.15) is 33.7 Å². The molecule has 4 atom stereocenters. The number of Topliss-reactive ketones (excluding diaryl/α,β-unsaturated/α-hetero) is 1.